The van der Waals surface area contributed by atoms with Crippen molar-refractivity contribution in [2.24, 2.45) is 10.7 Å². The smallest absolute Gasteiger partial charge is 0.281 e. The molecule has 6 nitrogen and oxygen atoms in total. The fourth-order valence-corrected chi connectivity index (χ4v) is 1.15. The third-order valence-corrected chi connectivity index (χ3v) is 1.98. The predicted octanol–water partition coefficient (Wildman–Crippen LogP) is 0.293. The van der Waals surface area contributed by atoms with E-state index in [0.717, 1.165) is 0 Å². The van der Waals surface area contributed by atoms with Gasteiger partial charge in [0.05, 0.1) is 18.5 Å². The molecule has 0 aliphatic heterocycles. The van der Waals surface area contributed by atoms with Crippen LogP contribution in [-0.4, -0.2) is 31.1 Å². The van der Waals surface area contributed by atoms with Gasteiger partial charge in [0.15, 0.2) is 0 Å². The van der Waals surface area contributed by atoms with Crippen molar-refractivity contribution in [3.05, 3.63) is 23.8 Å². The van der Waals surface area contributed by atoms with Gasteiger partial charge in [-0.15, -0.1) is 0 Å². The SMILES string of the molecule is CN=C(N)OCCc1cc(NC=O)cnc1F. The Hall–Kier alpha value is -2.18. The van der Waals surface area contributed by atoms with Gasteiger partial charge in [-0.1, -0.05) is 0 Å². The van der Waals surface area contributed by atoms with E-state index in [1.807, 2.05) is 0 Å². The van der Waals surface area contributed by atoms with E-state index < -0.39 is 5.95 Å². The number of nitrogens with one attached hydrogen (secondary N) is 1. The lowest BCUT2D eigenvalue weighted by atomic mass is 10.2. The lowest BCUT2D eigenvalue weighted by Crippen LogP contribution is -2.17. The third-order valence-electron chi connectivity index (χ3n) is 1.98. The Morgan fingerprint density at radius 1 is 1.76 bits per heavy atom. The number of carbonyl (C=O) groups is 1. The van der Waals surface area contributed by atoms with E-state index in [1.165, 1.54) is 19.3 Å². The number of hydrogen-bond acceptors (Lipinski definition) is 4. The number of rotatable bonds is 5. The molecule has 0 bridgehead atoms. The summed E-state index contributed by atoms with van der Waals surface area (Å²) in [5.74, 6) is -0.600. The first-order valence-corrected chi connectivity index (χ1v) is 4.87. The molecule has 1 amide bonds. The van der Waals surface area contributed by atoms with Crippen LogP contribution in [0.3, 0.4) is 0 Å². The second-order valence-corrected chi connectivity index (χ2v) is 3.10. The Kier molecular flexibility index (Phi) is 4.86. The molecule has 0 unspecified atom stereocenters. The average molecular weight is 240 g/mol. The predicted molar refractivity (Wildman–Crippen MR) is 61.1 cm³/mol. The van der Waals surface area contributed by atoms with Gasteiger partial charge in [0.1, 0.15) is 0 Å². The summed E-state index contributed by atoms with van der Waals surface area (Å²) in [5.41, 5.74) is 6.07. The molecule has 17 heavy (non-hydrogen) atoms. The fraction of sp³-hybridized carbons (Fsp3) is 0.300. The lowest BCUT2D eigenvalue weighted by Gasteiger charge is -2.06. The van der Waals surface area contributed by atoms with Gasteiger partial charge in [0.2, 0.25) is 12.4 Å². The van der Waals surface area contributed by atoms with Gasteiger partial charge >= 0.3 is 0 Å². The molecule has 0 aliphatic carbocycles. The van der Waals surface area contributed by atoms with Gasteiger partial charge in [-0.2, -0.15) is 4.39 Å². The number of aromatic nitrogens is 1. The largest absolute Gasteiger partial charge is 0.465 e. The fourth-order valence-electron chi connectivity index (χ4n) is 1.15. The van der Waals surface area contributed by atoms with Crippen molar-refractivity contribution >= 4 is 18.1 Å². The van der Waals surface area contributed by atoms with Crippen molar-refractivity contribution in [2.45, 2.75) is 6.42 Å². The molecule has 0 saturated carbocycles. The van der Waals surface area contributed by atoms with Crippen LogP contribution in [0.15, 0.2) is 17.3 Å². The van der Waals surface area contributed by atoms with Crippen LogP contribution in [-0.2, 0) is 16.0 Å². The Labute approximate surface area is 97.7 Å². The molecule has 0 aliphatic rings. The van der Waals surface area contributed by atoms with Gasteiger partial charge in [-0.3, -0.25) is 4.79 Å². The molecule has 1 rings (SSSR count). The number of nitrogens with zero attached hydrogens (tertiary/aromatic N) is 2. The summed E-state index contributed by atoms with van der Waals surface area (Å²) in [6.45, 7) is 0.187. The topological polar surface area (TPSA) is 89.6 Å². The minimum atomic E-state index is -0.600. The summed E-state index contributed by atoms with van der Waals surface area (Å²) in [6.07, 6.45) is 2.01. The zero-order valence-corrected chi connectivity index (χ0v) is 9.31. The molecular formula is C10H13FN4O2. The third kappa shape index (κ3) is 4.06. The number of amides is 1. The molecule has 7 heteroatoms. The number of aliphatic imine (C=N–C) groups is 1. The number of ether oxygens (including phenoxy) is 1. The zero-order chi connectivity index (χ0) is 12.7. The molecule has 0 fully saturated rings. The first kappa shape index (κ1) is 12.9. The first-order valence-electron chi connectivity index (χ1n) is 4.87. The molecule has 0 radical (unpaired) electrons. The first-order chi connectivity index (χ1) is 8.17. The Bertz CT molecular complexity index is 423. The Morgan fingerprint density at radius 2 is 2.53 bits per heavy atom. The lowest BCUT2D eigenvalue weighted by molar-refractivity contribution is -0.105. The second kappa shape index (κ2) is 6.41. The van der Waals surface area contributed by atoms with E-state index in [0.29, 0.717) is 17.7 Å². The number of carbonyl (C=O) groups excluding carboxylic acids is 1. The van der Waals surface area contributed by atoms with Crippen LogP contribution < -0.4 is 11.1 Å². The highest BCUT2D eigenvalue weighted by atomic mass is 19.1. The average Bonchev–Trinajstić information content (AvgIpc) is 2.33. The number of amidine groups is 1. The zero-order valence-electron chi connectivity index (χ0n) is 9.31. The van der Waals surface area contributed by atoms with Gasteiger partial charge in [-0.25, -0.2) is 9.98 Å². The van der Waals surface area contributed by atoms with Crippen LogP contribution in [0.5, 0.6) is 0 Å². The maximum Gasteiger partial charge on any atom is 0.281 e. The summed E-state index contributed by atoms with van der Waals surface area (Å²) in [6, 6.07) is 1.53. The van der Waals surface area contributed by atoms with E-state index in [-0.39, 0.29) is 19.0 Å². The molecule has 3 N–H and O–H groups in total. The van der Waals surface area contributed by atoms with Crippen LogP contribution in [0, 0.1) is 5.95 Å². The van der Waals surface area contributed by atoms with Crippen LogP contribution in [0.2, 0.25) is 0 Å². The monoisotopic (exact) mass is 240 g/mol. The highest BCUT2D eigenvalue weighted by molar-refractivity contribution is 5.71. The standard InChI is InChI=1S/C10H13FN4O2/c1-13-10(12)17-3-2-7-4-8(15-6-16)5-14-9(7)11/h4-6H,2-3H2,1H3,(H2,12,13)(H,15,16). The van der Waals surface area contributed by atoms with E-state index in [9.17, 15) is 9.18 Å². The van der Waals surface area contributed by atoms with E-state index in [2.05, 4.69) is 15.3 Å². The molecule has 0 spiro atoms. The molecule has 0 aromatic carbocycles. The minimum absolute atomic E-state index is 0.0422. The van der Waals surface area contributed by atoms with Gasteiger partial charge in [0, 0.05) is 19.0 Å². The van der Waals surface area contributed by atoms with Crippen LogP contribution in [0.4, 0.5) is 10.1 Å². The number of nitrogens with two attached hydrogens (primary N) is 1. The second-order valence-electron chi connectivity index (χ2n) is 3.10. The number of halogens is 1. The normalized spacial score (nSPS) is 11.1. The van der Waals surface area contributed by atoms with Gasteiger partial charge in [-0.05, 0) is 6.07 Å². The number of pyridine rings is 1. The van der Waals surface area contributed by atoms with Crippen molar-refractivity contribution in [2.75, 3.05) is 19.0 Å². The van der Waals surface area contributed by atoms with Crippen molar-refractivity contribution < 1.29 is 13.9 Å². The quantitative estimate of drug-likeness (QED) is 0.335. The van der Waals surface area contributed by atoms with Crippen LogP contribution >= 0.6 is 0 Å². The maximum atomic E-state index is 13.3. The van der Waals surface area contributed by atoms with E-state index in [1.54, 1.807) is 0 Å². The molecule has 0 atom stereocenters. The van der Waals surface area contributed by atoms with Crippen LogP contribution in [0.25, 0.3) is 0 Å². The number of hydrogen-bond donors (Lipinski definition) is 2. The van der Waals surface area contributed by atoms with Crippen molar-refractivity contribution in [3.8, 4) is 0 Å². The summed E-state index contributed by atoms with van der Waals surface area (Å²) >= 11 is 0. The van der Waals surface area contributed by atoms with Gasteiger partial charge < -0.3 is 15.8 Å². The molecule has 0 saturated heterocycles. The molecule has 92 valence electrons. The summed E-state index contributed by atoms with van der Waals surface area (Å²) in [4.78, 5) is 17.3. The van der Waals surface area contributed by atoms with Crippen molar-refractivity contribution in [1.82, 2.24) is 4.98 Å². The Morgan fingerprint density at radius 3 is 3.18 bits per heavy atom. The Balaban J connectivity index is 2.62. The van der Waals surface area contributed by atoms with E-state index >= 15 is 0 Å². The highest BCUT2D eigenvalue weighted by Crippen LogP contribution is 2.12. The highest BCUT2D eigenvalue weighted by Gasteiger charge is 2.05. The van der Waals surface area contributed by atoms with Gasteiger partial charge in [0.25, 0.3) is 6.02 Å². The summed E-state index contributed by atoms with van der Waals surface area (Å²) in [7, 11) is 1.49. The molecule has 1 heterocycles. The minimum Gasteiger partial charge on any atom is -0.465 e. The maximum absolute atomic E-state index is 13.3. The molecule has 1 aromatic rings. The van der Waals surface area contributed by atoms with Crippen molar-refractivity contribution in [3.63, 3.8) is 0 Å². The van der Waals surface area contributed by atoms with E-state index in [4.69, 9.17) is 10.5 Å². The van der Waals surface area contributed by atoms with Crippen LogP contribution in [0.1, 0.15) is 5.56 Å². The number of anilines is 1. The molecular weight excluding hydrogens is 227 g/mol. The summed E-state index contributed by atoms with van der Waals surface area (Å²) in [5, 5.41) is 2.39. The molecule has 1 aromatic heterocycles. The summed E-state index contributed by atoms with van der Waals surface area (Å²) < 4.78 is 18.3. The van der Waals surface area contributed by atoms with Crippen molar-refractivity contribution in [1.29, 1.82) is 0 Å².